The zero-order chi connectivity index (χ0) is 20.1. The van der Waals surface area contributed by atoms with Crippen molar-refractivity contribution in [1.82, 2.24) is 25.1 Å². The number of amides is 1. The molecule has 144 valence electrons. The first-order valence-corrected chi connectivity index (χ1v) is 9.09. The van der Waals surface area contributed by atoms with Gasteiger partial charge < -0.3 is 10.1 Å². The normalized spacial score (nSPS) is 10.5. The van der Waals surface area contributed by atoms with Crippen molar-refractivity contribution in [1.29, 1.82) is 0 Å². The summed E-state index contributed by atoms with van der Waals surface area (Å²) in [6, 6.07) is 16.2. The van der Waals surface area contributed by atoms with Gasteiger partial charge in [-0.1, -0.05) is 18.2 Å². The van der Waals surface area contributed by atoms with Crippen molar-refractivity contribution in [3.8, 4) is 22.9 Å². The summed E-state index contributed by atoms with van der Waals surface area (Å²) in [6.07, 6.45) is 7.03. The second-order valence-electron chi connectivity index (χ2n) is 6.39. The molecule has 0 saturated heterocycles. The van der Waals surface area contributed by atoms with Crippen molar-refractivity contribution in [2.45, 2.75) is 6.54 Å². The van der Waals surface area contributed by atoms with E-state index in [1.54, 1.807) is 53.6 Å². The third kappa shape index (κ3) is 4.47. The summed E-state index contributed by atoms with van der Waals surface area (Å²) < 4.78 is 7.42. The molecule has 1 N–H and O–H groups in total. The Balaban J connectivity index is 1.46. The van der Waals surface area contributed by atoms with Crippen LogP contribution in [0.25, 0.3) is 11.3 Å². The number of nitrogens with one attached hydrogen (secondary N) is 1. The van der Waals surface area contributed by atoms with E-state index in [0.717, 1.165) is 16.8 Å². The molecule has 7 nitrogen and oxygen atoms in total. The number of benzene rings is 1. The number of aryl methyl sites for hydroxylation is 1. The Morgan fingerprint density at radius 2 is 1.97 bits per heavy atom. The van der Waals surface area contributed by atoms with E-state index in [1.807, 2.05) is 37.5 Å². The Kier molecular flexibility index (Phi) is 5.29. The number of nitrogens with zero attached hydrogens (tertiary/aromatic N) is 4. The van der Waals surface area contributed by atoms with Crippen LogP contribution in [0.1, 0.15) is 15.9 Å². The second kappa shape index (κ2) is 8.35. The fraction of sp³-hybridized carbons (Fsp3) is 0.0909. The number of carbonyl (C=O) groups is 1. The van der Waals surface area contributed by atoms with E-state index >= 15 is 0 Å². The number of hydrogen-bond donors (Lipinski definition) is 1. The van der Waals surface area contributed by atoms with Crippen molar-refractivity contribution in [3.63, 3.8) is 0 Å². The van der Waals surface area contributed by atoms with Gasteiger partial charge in [-0.2, -0.15) is 5.10 Å². The average Bonchev–Trinajstić information content (AvgIpc) is 3.19. The predicted molar refractivity (Wildman–Crippen MR) is 108 cm³/mol. The molecule has 0 atom stereocenters. The zero-order valence-electron chi connectivity index (χ0n) is 15.8. The Hall–Kier alpha value is -4.00. The fourth-order valence-corrected chi connectivity index (χ4v) is 2.89. The summed E-state index contributed by atoms with van der Waals surface area (Å²) in [5.41, 5.74) is 3.12. The summed E-state index contributed by atoms with van der Waals surface area (Å²) in [7, 11) is 1.86. The lowest BCUT2D eigenvalue weighted by Gasteiger charge is -2.10. The summed E-state index contributed by atoms with van der Waals surface area (Å²) in [5, 5.41) is 7.14. The molecule has 1 aromatic carbocycles. The third-order valence-electron chi connectivity index (χ3n) is 4.27. The van der Waals surface area contributed by atoms with Crippen LogP contribution in [0, 0.1) is 0 Å². The molecule has 0 aliphatic carbocycles. The highest BCUT2D eigenvalue weighted by Gasteiger charge is 2.11. The second-order valence-corrected chi connectivity index (χ2v) is 6.39. The lowest BCUT2D eigenvalue weighted by atomic mass is 10.1. The number of pyridine rings is 2. The molecule has 0 aliphatic heterocycles. The minimum atomic E-state index is -0.197. The quantitative estimate of drug-likeness (QED) is 0.548. The Morgan fingerprint density at radius 1 is 1.07 bits per heavy atom. The van der Waals surface area contributed by atoms with Crippen LogP contribution in [0.15, 0.2) is 79.4 Å². The lowest BCUT2D eigenvalue weighted by Crippen LogP contribution is -2.23. The molecule has 29 heavy (non-hydrogen) atoms. The minimum Gasteiger partial charge on any atom is -0.439 e. The van der Waals surface area contributed by atoms with Gasteiger partial charge in [0, 0.05) is 49.4 Å². The number of rotatable bonds is 6. The van der Waals surface area contributed by atoms with E-state index in [0.29, 0.717) is 23.7 Å². The van der Waals surface area contributed by atoms with Crippen LogP contribution in [0.2, 0.25) is 0 Å². The Morgan fingerprint density at radius 3 is 2.76 bits per heavy atom. The maximum Gasteiger partial charge on any atom is 0.251 e. The smallest absolute Gasteiger partial charge is 0.251 e. The molecule has 0 fully saturated rings. The molecule has 3 heterocycles. The molecule has 3 aromatic heterocycles. The van der Waals surface area contributed by atoms with Gasteiger partial charge in [-0.05, 0) is 35.9 Å². The number of ether oxygens (including phenoxy) is 1. The van der Waals surface area contributed by atoms with Gasteiger partial charge in [0.2, 0.25) is 5.88 Å². The van der Waals surface area contributed by atoms with E-state index in [4.69, 9.17) is 4.74 Å². The molecular weight excluding hydrogens is 366 g/mol. The van der Waals surface area contributed by atoms with Crippen LogP contribution in [0.4, 0.5) is 0 Å². The molecule has 0 unspecified atom stereocenters. The van der Waals surface area contributed by atoms with Gasteiger partial charge in [-0.3, -0.25) is 14.5 Å². The summed E-state index contributed by atoms with van der Waals surface area (Å²) in [5.74, 6) is 0.827. The van der Waals surface area contributed by atoms with Gasteiger partial charge in [-0.15, -0.1) is 0 Å². The molecule has 0 saturated carbocycles. The molecule has 0 spiro atoms. The minimum absolute atomic E-state index is 0.197. The maximum atomic E-state index is 12.7. The van der Waals surface area contributed by atoms with Crippen LogP contribution in [0.3, 0.4) is 0 Å². The van der Waals surface area contributed by atoms with E-state index in [-0.39, 0.29) is 5.91 Å². The Labute approximate surface area is 168 Å². The summed E-state index contributed by atoms with van der Waals surface area (Å²) in [6.45, 7) is 0.349. The van der Waals surface area contributed by atoms with Crippen LogP contribution >= 0.6 is 0 Å². The molecule has 7 heteroatoms. The molecule has 4 aromatic rings. The van der Waals surface area contributed by atoms with Crippen molar-refractivity contribution >= 4 is 5.91 Å². The standard InChI is InChI=1S/C22H19N5O2/c1-27-15-18(14-26-27)21-17(7-5-11-24-21)13-25-22(28)16-6-4-8-19(12-16)29-20-9-2-3-10-23-20/h2-12,14-15H,13H2,1H3,(H,25,28). The number of aromatic nitrogens is 4. The first-order valence-electron chi connectivity index (χ1n) is 9.09. The fourth-order valence-electron chi connectivity index (χ4n) is 2.89. The van der Waals surface area contributed by atoms with Crippen molar-refractivity contribution in [2.24, 2.45) is 7.05 Å². The number of hydrogen-bond acceptors (Lipinski definition) is 5. The highest BCUT2D eigenvalue weighted by atomic mass is 16.5. The highest BCUT2D eigenvalue weighted by molar-refractivity contribution is 5.94. The van der Waals surface area contributed by atoms with E-state index in [9.17, 15) is 4.79 Å². The largest absolute Gasteiger partial charge is 0.439 e. The molecular formula is C22H19N5O2. The van der Waals surface area contributed by atoms with Gasteiger partial charge in [0.15, 0.2) is 0 Å². The third-order valence-corrected chi connectivity index (χ3v) is 4.27. The van der Waals surface area contributed by atoms with Gasteiger partial charge in [0.25, 0.3) is 5.91 Å². The molecule has 0 bridgehead atoms. The first-order chi connectivity index (χ1) is 14.2. The summed E-state index contributed by atoms with van der Waals surface area (Å²) in [4.78, 5) is 21.2. The van der Waals surface area contributed by atoms with Gasteiger partial charge in [-0.25, -0.2) is 4.98 Å². The molecule has 0 radical (unpaired) electrons. The zero-order valence-corrected chi connectivity index (χ0v) is 15.8. The van der Waals surface area contributed by atoms with Gasteiger partial charge >= 0.3 is 0 Å². The highest BCUT2D eigenvalue weighted by Crippen LogP contribution is 2.22. The van der Waals surface area contributed by atoms with Crippen molar-refractivity contribution < 1.29 is 9.53 Å². The Bertz CT molecular complexity index is 1120. The van der Waals surface area contributed by atoms with Gasteiger partial charge in [0.1, 0.15) is 5.75 Å². The predicted octanol–water partition coefficient (Wildman–Crippen LogP) is 3.60. The van der Waals surface area contributed by atoms with Crippen LogP contribution in [0.5, 0.6) is 11.6 Å². The van der Waals surface area contributed by atoms with E-state index in [1.165, 1.54) is 0 Å². The van der Waals surface area contributed by atoms with Gasteiger partial charge in [0.05, 0.1) is 11.9 Å². The SMILES string of the molecule is Cn1cc(-c2ncccc2CNC(=O)c2cccc(Oc3ccccn3)c2)cn1. The summed E-state index contributed by atoms with van der Waals surface area (Å²) >= 11 is 0. The van der Waals surface area contributed by atoms with Crippen molar-refractivity contribution in [2.75, 3.05) is 0 Å². The molecule has 1 amide bonds. The average molecular weight is 385 g/mol. The van der Waals surface area contributed by atoms with Crippen LogP contribution < -0.4 is 10.1 Å². The first kappa shape index (κ1) is 18.4. The maximum absolute atomic E-state index is 12.7. The van der Waals surface area contributed by atoms with Crippen molar-refractivity contribution in [3.05, 3.63) is 90.5 Å². The monoisotopic (exact) mass is 385 g/mol. The van der Waals surface area contributed by atoms with E-state index < -0.39 is 0 Å². The number of carbonyl (C=O) groups excluding carboxylic acids is 1. The van der Waals surface area contributed by atoms with Crippen LogP contribution in [-0.4, -0.2) is 25.7 Å². The topological polar surface area (TPSA) is 81.9 Å². The van der Waals surface area contributed by atoms with Crippen LogP contribution in [-0.2, 0) is 13.6 Å². The lowest BCUT2D eigenvalue weighted by molar-refractivity contribution is 0.0950. The molecule has 0 aliphatic rings. The molecule has 4 rings (SSSR count). The van der Waals surface area contributed by atoms with E-state index in [2.05, 4.69) is 20.4 Å².